The second-order valence-electron chi connectivity index (χ2n) is 3.59. The van der Waals surface area contributed by atoms with Crippen molar-refractivity contribution in [2.45, 2.75) is 24.5 Å². The van der Waals surface area contributed by atoms with E-state index >= 15 is 0 Å². The summed E-state index contributed by atoms with van der Waals surface area (Å²) >= 11 is 0. The van der Waals surface area contributed by atoms with Crippen LogP contribution in [0.4, 0.5) is 0 Å². The Kier molecular flexibility index (Phi) is 2.48. The van der Waals surface area contributed by atoms with Gasteiger partial charge in [-0.1, -0.05) is 0 Å². The molecule has 0 bridgehead atoms. The maximum atomic E-state index is 11.6. The lowest BCUT2D eigenvalue weighted by Crippen LogP contribution is -2.37. The summed E-state index contributed by atoms with van der Waals surface area (Å²) < 4.78 is 20.5. The standard InChI is InChI=1S/C9H12N2O6/c12-3-4-6(14)7(15)8(17-4)11-2-1-5(13)10-9(11)16/h1-2,4,6-8,12,14-15H,3H2,(H,10,13,16)/t4-,6?,7+,8-/m1/s1/i1D,2D. The normalized spacial score (nSPS) is 34.5. The average Bonchev–Trinajstić information content (AvgIpc) is 2.64. The fourth-order valence-electron chi connectivity index (χ4n) is 1.62. The van der Waals surface area contributed by atoms with Crippen molar-refractivity contribution in [1.82, 2.24) is 9.55 Å². The molecule has 1 aromatic rings. The van der Waals surface area contributed by atoms with Crippen molar-refractivity contribution in [1.29, 1.82) is 0 Å². The quantitative estimate of drug-likeness (QED) is 0.445. The molecule has 94 valence electrons. The smallest absolute Gasteiger partial charge is 0.330 e. The molecule has 17 heavy (non-hydrogen) atoms. The Morgan fingerprint density at radius 2 is 2.18 bits per heavy atom. The molecule has 1 saturated heterocycles. The van der Waals surface area contributed by atoms with Gasteiger partial charge in [0, 0.05) is 12.2 Å². The van der Waals surface area contributed by atoms with Crippen LogP contribution in [0.25, 0.3) is 0 Å². The Bertz CT molecular complexity index is 599. The van der Waals surface area contributed by atoms with Gasteiger partial charge in [-0.25, -0.2) is 4.79 Å². The van der Waals surface area contributed by atoms with Gasteiger partial charge in [0.05, 0.1) is 9.35 Å². The van der Waals surface area contributed by atoms with Gasteiger partial charge in [-0.05, 0) is 0 Å². The summed E-state index contributed by atoms with van der Waals surface area (Å²) in [7, 11) is 0. The molecule has 1 aliphatic rings. The zero-order valence-electron chi connectivity index (χ0n) is 10.5. The van der Waals surface area contributed by atoms with Crippen molar-refractivity contribution in [3.8, 4) is 0 Å². The van der Waals surface area contributed by atoms with E-state index in [1.54, 1.807) is 4.98 Å². The van der Waals surface area contributed by atoms with Crippen molar-refractivity contribution in [3.05, 3.63) is 33.1 Å². The summed E-state index contributed by atoms with van der Waals surface area (Å²) in [4.78, 5) is 24.5. The third-order valence-electron chi connectivity index (χ3n) is 2.50. The first kappa shape index (κ1) is 9.54. The molecule has 0 radical (unpaired) electrons. The molecule has 4 N–H and O–H groups in total. The van der Waals surface area contributed by atoms with Crippen LogP contribution >= 0.6 is 0 Å². The molecule has 1 aliphatic heterocycles. The summed E-state index contributed by atoms with van der Waals surface area (Å²) in [6.07, 6.45) is -6.32. The van der Waals surface area contributed by atoms with Crippen LogP contribution in [0, 0.1) is 0 Å². The highest BCUT2D eigenvalue weighted by atomic mass is 16.6. The first-order chi connectivity index (χ1) is 8.88. The van der Waals surface area contributed by atoms with E-state index in [1.807, 2.05) is 0 Å². The van der Waals surface area contributed by atoms with Crippen LogP contribution in [-0.4, -0.2) is 49.8 Å². The van der Waals surface area contributed by atoms with E-state index in [0.717, 1.165) is 0 Å². The molecule has 0 aliphatic carbocycles. The number of hydrogen-bond donors (Lipinski definition) is 4. The van der Waals surface area contributed by atoms with E-state index in [4.69, 9.17) is 12.6 Å². The Morgan fingerprint density at radius 1 is 1.47 bits per heavy atom. The number of aliphatic hydroxyl groups excluding tert-OH is 3. The number of aromatic amines is 1. The van der Waals surface area contributed by atoms with Gasteiger partial charge in [-0.2, -0.15) is 0 Å². The van der Waals surface area contributed by atoms with Crippen molar-refractivity contribution in [2.75, 3.05) is 6.61 Å². The van der Waals surface area contributed by atoms with Crippen LogP contribution in [0.2, 0.25) is 0 Å². The Morgan fingerprint density at radius 3 is 2.76 bits per heavy atom. The molecule has 1 aromatic heterocycles. The summed E-state index contributed by atoms with van der Waals surface area (Å²) in [6, 6.07) is -0.766. The number of aliphatic hydroxyl groups is 3. The van der Waals surface area contributed by atoms with E-state index in [2.05, 4.69) is 0 Å². The van der Waals surface area contributed by atoms with Gasteiger partial charge < -0.3 is 20.1 Å². The van der Waals surface area contributed by atoms with E-state index in [-0.39, 0.29) is 0 Å². The molecule has 1 fully saturated rings. The molecule has 0 saturated carbocycles. The minimum atomic E-state index is -1.57. The number of ether oxygens (including phenoxy) is 1. The Hall–Kier alpha value is -1.48. The SMILES string of the molecule is [2H]c1c([2H])n([C@@H]2O[C@H](CO)C(O)[C@@H]2O)c(=O)[nH]c1=O. The molecule has 1 unspecified atom stereocenters. The van der Waals surface area contributed by atoms with Crippen LogP contribution in [0.5, 0.6) is 0 Å². The highest BCUT2D eigenvalue weighted by Crippen LogP contribution is 2.27. The van der Waals surface area contributed by atoms with Crippen LogP contribution in [-0.2, 0) is 4.74 Å². The molecule has 0 amide bonds. The second-order valence-corrected chi connectivity index (χ2v) is 3.59. The van der Waals surface area contributed by atoms with E-state index in [0.29, 0.717) is 4.57 Å². The molecular formula is C9H12N2O6. The highest BCUT2D eigenvalue weighted by molar-refractivity contribution is 4.92. The van der Waals surface area contributed by atoms with Gasteiger partial charge in [0.25, 0.3) is 5.56 Å². The van der Waals surface area contributed by atoms with Crippen molar-refractivity contribution < 1.29 is 22.8 Å². The molecule has 8 heteroatoms. The molecule has 2 rings (SSSR count). The van der Waals surface area contributed by atoms with Gasteiger partial charge in [0.1, 0.15) is 18.3 Å². The second kappa shape index (κ2) is 4.41. The van der Waals surface area contributed by atoms with E-state index < -0.39 is 54.6 Å². The number of rotatable bonds is 2. The minimum Gasteiger partial charge on any atom is -0.394 e. The van der Waals surface area contributed by atoms with E-state index in [9.17, 15) is 19.8 Å². The number of nitrogens with one attached hydrogen (secondary N) is 1. The lowest BCUT2D eigenvalue weighted by atomic mass is 10.1. The van der Waals surface area contributed by atoms with Gasteiger partial charge in [-0.3, -0.25) is 14.3 Å². The lowest BCUT2D eigenvalue weighted by Gasteiger charge is -2.16. The van der Waals surface area contributed by atoms with Crippen LogP contribution in [0.3, 0.4) is 0 Å². The third kappa shape index (κ3) is 2.03. The molecule has 2 heterocycles. The predicted molar refractivity (Wildman–Crippen MR) is 54.3 cm³/mol. The fraction of sp³-hybridized carbons (Fsp3) is 0.556. The number of aromatic nitrogens is 2. The Labute approximate surface area is 97.5 Å². The molecular weight excluding hydrogens is 232 g/mol. The van der Waals surface area contributed by atoms with Crippen LogP contribution < -0.4 is 11.2 Å². The van der Waals surface area contributed by atoms with Gasteiger partial charge >= 0.3 is 5.69 Å². The first-order valence-corrected chi connectivity index (χ1v) is 4.83. The zero-order valence-corrected chi connectivity index (χ0v) is 8.53. The topological polar surface area (TPSA) is 125 Å². The summed E-state index contributed by atoms with van der Waals surface area (Å²) in [6.45, 7) is -0.589. The van der Waals surface area contributed by atoms with Crippen LogP contribution in [0.15, 0.2) is 21.8 Å². The van der Waals surface area contributed by atoms with Gasteiger partial charge in [0.2, 0.25) is 0 Å². The Balaban J connectivity index is 2.52. The molecule has 4 atom stereocenters. The number of hydrogen-bond acceptors (Lipinski definition) is 6. The lowest BCUT2D eigenvalue weighted by molar-refractivity contribution is -0.0550. The number of H-pyrrole nitrogens is 1. The monoisotopic (exact) mass is 246 g/mol. The average molecular weight is 246 g/mol. The van der Waals surface area contributed by atoms with Crippen molar-refractivity contribution in [3.63, 3.8) is 0 Å². The number of nitrogens with zero attached hydrogens (tertiary/aromatic N) is 1. The summed E-state index contributed by atoms with van der Waals surface area (Å²) in [5.41, 5.74) is -2.07. The molecule has 8 nitrogen and oxygen atoms in total. The zero-order chi connectivity index (χ0) is 14.3. The largest absolute Gasteiger partial charge is 0.394 e. The van der Waals surface area contributed by atoms with E-state index in [1.165, 1.54) is 0 Å². The molecule has 0 spiro atoms. The summed E-state index contributed by atoms with van der Waals surface area (Å²) in [5.74, 6) is 0. The molecule has 0 aromatic carbocycles. The minimum absolute atomic E-state index is 0.549. The summed E-state index contributed by atoms with van der Waals surface area (Å²) in [5, 5.41) is 28.2. The maximum Gasteiger partial charge on any atom is 0.330 e. The van der Waals surface area contributed by atoms with Gasteiger partial charge in [0.15, 0.2) is 6.23 Å². The first-order valence-electron chi connectivity index (χ1n) is 5.83. The van der Waals surface area contributed by atoms with Crippen LogP contribution in [0.1, 0.15) is 8.97 Å². The maximum absolute atomic E-state index is 11.6. The van der Waals surface area contributed by atoms with Crippen molar-refractivity contribution in [2.24, 2.45) is 0 Å². The third-order valence-corrected chi connectivity index (χ3v) is 2.50. The predicted octanol–water partition coefficient (Wildman–Crippen LogP) is -2.85. The van der Waals surface area contributed by atoms with Crippen molar-refractivity contribution >= 4 is 0 Å². The highest BCUT2D eigenvalue weighted by Gasteiger charge is 2.43. The fourth-order valence-corrected chi connectivity index (χ4v) is 1.62. The van der Waals surface area contributed by atoms with Gasteiger partial charge in [-0.15, -0.1) is 0 Å².